The first-order chi connectivity index (χ1) is 8.06. The minimum Gasteiger partial charge on any atom is -0.481 e. The predicted molar refractivity (Wildman–Crippen MR) is 64.9 cm³/mol. The van der Waals surface area contributed by atoms with Gasteiger partial charge in [-0.25, -0.2) is 4.79 Å². The van der Waals surface area contributed by atoms with E-state index in [0.717, 1.165) is 25.8 Å². The lowest BCUT2D eigenvalue weighted by atomic mass is 10.0. The molecule has 1 N–H and O–H groups in total. The monoisotopic (exact) mass is 242 g/mol. The van der Waals surface area contributed by atoms with Crippen LogP contribution in [0, 0.1) is 0 Å². The third-order valence-corrected chi connectivity index (χ3v) is 3.33. The molecule has 0 saturated carbocycles. The maximum Gasteiger partial charge on any atom is 0.320 e. The Labute approximate surface area is 102 Å². The van der Waals surface area contributed by atoms with Crippen molar-refractivity contribution >= 4 is 12.0 Å². The fourth-order valence-corrected chi connectivity index (χ4v) is 2.26. The Morgan fingerprint density at radius 2 is 2.12 bits per heavy atom. The third-order valence-electron chi connectivity index (χ3n) is 3.33. The topological polar surface area (TPSA) is 60.9 Å². The molecule has 98 valence electrons. The van der Waals surface area contributed by atoms with E-state index in [-0.39, 0.29) is 19.0 Å². The summed E-state index contributed by atoms with van der Waals surface area (Å²) in [5.74, 6) is -0.865. The van der Waals surface area contributed by atoms with E-state index in [4.69, 9.17) is 5.11 Å². The normalized spacial score (nSPS) is 20.1. The van der Waals surface area contributed by atoms with Crippen molar-refractivity contribution in [3.63, 3.8) is 0 Å². The first kappa shape index (κ1) is 13.8. The van der Waals surface area contributed by atoms with Crippen molar-refractivity contribution in [1.82, 2.24) is 9.80 Å². The molecule has 1 aliphatic heterocycles. The molecule has 0 spiro atoms. The number of aliphatic carboxylic acids is 1. The molecule has 1 aliphatic rings. The summed E-state index contributed by atoms with van der Waals surface area (Å²) in [6.45, 7) is 3.17. The van der Waals surface area contributed by atoms with Gasteiger partial charge in [0.2, 0.25) is 0 Å². The fraction of sp³-hybridized carbons (Fsp3) is 0.833. The summed E-state index contributed by atoms with van der Waals surface area (Å²) in [6, 6.07) is 0.293. The van der Waals surface area contributed by atoms with E-state index in [0.29, 0.717) is 6.04 Å². The van der Waals surface area contributed by atoms with Crippen molar-refractivity contribution in [2.45, 2.75) is 45.1 Å². The van der Waals surface area contributed by atoms with E-state index in [1.807, 2.05) is 4.90 Å². The van der Waals surface area contributed by atoms with Gasteiger partial charge in [0.25, 0.3) is 0 Å². The molecule has 2 amide bonds. The van der Waals surface area contributed by atoms with Crippen LogP contribution in [-0.4, -0.2) is 53.1 Å². The van der Waals surface area contributed by atoms with Crippen LogP contribution in [0.3, 0.4) is 0 Å². The van der Waals surface area contributed by atoms with Crippen LogP contribution in [0.1, 0.15) is 39.0 Å². The minimum absolute atomic E-state index is 0.00682. The van der Waals surface area contributed by atoms with Crippen LogP contribution in [0.4, 0.5) is 4.79 Å². The van der Waals surface area contributed by atoms with E-state index < -0.39 is 5.97 Å². The molecule has 1 unspecified atom stereocenters. The summed E-state index contributed by atoms with van der Waals surface area (Å²) in [7, 11) is 1.67. The van der Waals surface area contributed by atoms with Crippen LogP contribution in [-0.2, 0) is 4.79 Å². The van der Waals surface area contributed by atoms with Gasteiger partial charge in [-0.3, -0.25) is 4.79 Å². The highest BCUT2D eigenvalue weighted by molar-refractivity contribution is 5.75. The lowest BCUT2D eigenvalue weighted by Crippen LogP contribution is -2.49. The molecule has 5 nitrogen and oxygen atoms in total. The number of carbonyl (C=O) groups excluding carboxylic acids is 1. The van der Waals surface area contributed by atoms with Crippen LogP contribution in [0.15, 0.2) is 0 Å². The van der Waals surface area contributed by atoms with Crippen molar-refractivity contribution in [2.75, 3.05) is 20.1 Å². The summed E-state index contributed by atoms with van der Waals surface area (Å²) in [5.41, 5.74) is 0. The zero-order valence-corrected chi connectivity index (χ0v) is 10.7. The van der Waals surface area contributed by atoms with E-state index in [2.05, 4.69) is 6.92 Å². The van der Waals surface area contributed by atoms with E-state index >= 15 is 0 Å². The van der Waals surface area contributed by atoms with Crippen LogP contribution < -0.4 is 0 Å². The highest BCUT2D eigenvalue weighted by Crippen LogP contribution is 2.20. The second-order valence-electron chi connectivity index (χ2n) is 4.60. The van der Waals surface area contributed by atoms with Crippen LogP contribution in [0.25, 0.3) is 0 Å². The maximum atomic E-state index is 12.1. The third kappa shape index (κ3) is 3.91. The Morgan fingerprint density at radius 3 is 2.71 bits per heavy atom. The van der Waals surface area contributed by atoms with Gasteiger partial charge in [0.05, 0.1) is 6.42 Å². The number of hydrogen-bond donors (Lipinski definition) is 1. The number of urea groups is 1. The molecule has 1 rings (SSSR count). The van der Waals surface area contributed by atoms with Gasteiger partial charge in [-0.2, -0.15) is 0 Å². The van der Waals surface area contributed by atoms with Gasteiger partial charge in [-0.15, -0.1) is 0 Å². The van der Waals surface area contributed by atoms with Crippen molar-refractivity contribution in [1.29, 1.82) is 0 Å². The van der Waals surface area contributed by atoms with Gasteiger partial charge >= 0.3 is 12.0 Å². The van der Waals surface area contributed by atoms with Crippen molar-refractivity contribution in [3.8, 4) is 0 Å². The molecule has 0 aromatic carbocycles. The molecule has 0 bridgehead atoms. The average Bonchev–Trinajstić information content (AvgIpc) is 2.34. The number of carboxylic acids is 1. The summed E-state index contributed by atoms with van der Waals surface area (Å²) in [5, 5.41) is 8.60. The van der Waals surface area contributed by atoms with E-state index in [9.17, 15) is 9.59 Å². The summed E-state index contributed by atoms with van der Waals surface area (Å²) >= 11 is 0. The molecular weight excluding hydrogens is 220 g/mol. The van der Waals surface area contributed by atoms with Gasteiger partial charge < -0.3 is 14.9 Å². The average molecular weight is 242 g/mol. The molecule has 17 heavy (non-hydrogen) atoms. The number of carbonyl (C=O) groups is 2. The zero-order valence-electron chi connectivity index (χ0n) is 10.7. The Balaban J connectivity index is 2.51. The maximum absolute atomic E-state index is 12.1. The predicted octanol–water partition coefficient (Wildman–Crippen LogP) is 1.78. The lowest BCUT2D eigenvalue weighted by Gasteiger charge is -2.37. The Hall–Kier alpha value is -1.26. The largest absolute Gasteiger partial charge is 0.481 e. The quantitative estimate of drug-likeness (QED) is 0.817. The number of amides is 2. The highest BCUT2D eigenvalue weighted by atomic mass is 16.4. The number of rotatable bonds is 4. The smallest absolute Gasteiger partial charge is 0.320 e. The number of nitrogens with zero attached hydrogens (tertiary/aromatic N) is 2. The molecule has 0 aromatic heterocycles. The summed E-state index contributed by atoms with van der Waals surface area (Å²) in [6.07, 6.45) is 4.27. The first-order valence-electron chi connectivity index (χ1n) is 6.29. The minimum atomic E-state index is -0.865. The zero-order chi connectivity index (χ0) is 12.8. The van der Waals surface area contributed by atoms with Gasteiger partial charge in [-0.05, 0) is 25.7 Å². The van der Waals surface area contributed by atoms with Gasteiger partial charge in [0, 0.05) is 26.2 Å². The molecule has 0 radical (unpaired) electrons. The fourth-order valence-electron chi connectivity index (χ4n) is 2.26. The standard InChI is InChI=1S/C12H22N2O3/c1-3-10-6-4-5-8-14(10)12(17)13(2)9-7-11(15)16/h10H,3-9H2,1-2H3,(H,15,16). The SMILES string of the molecule is CCC1CCCCN1C(=O)N(C)CCC(=O)O. The highest BCUT2D eigenvalue weighted by Gasteiger charge is 2.27. The molecular formula is C12H22N2O3. The molecule has 1 atom stereocenters. The Kier molecular flexibility index (Phi) is 5.25. The summed E-state index contributed by atoms with van der Waals surface area (Å²) < 4.78 is 0. The van der Waals surface area contributed by atoms with E-state index in [1.165, 1.54) is 11.3 Å². The van der Waals surface area contributed by atoms with Gasteiger partial charge in [0.1, 0.15) is 0 Å². The number of carboxylic acid groups (broad SMARTS) is 1. The molecule has 0 aliphatic carbocycles. The van der Waals surface area contributed by atoms with Crippen molar-refractivity contribution in [2.24, 2.45) is 0 Å². The Morgan fingerprint density at radius 1 is 1.41 bits per heavy atom. The van der Waals surface area contributed by atoms with Gasteiger partial charge in [0.15, 0.2) is 0 Å². The van der Waals surface area contributed by atoms with Crippen molar-refractivity contribution < 1.29 is 14.7 Å². The lowest BCUT2D eigenvalue weighted by molar-refractivity contribution is -0.137. The van der Waals surface area contributed by atoms with Crippen LogP contribution in [0.5, 0.6) is 0 Å². The number of likely N-dealkylation sites (tertiary alicyclic amines) is 1. The molecule has 5 heteroatoms. The van der Waals surface area contributed by atoms with Crippen molar-refractivity contribution in [3.05, 3.63) is 0 Å². The second-order valence-corrected chi connectivity index (χ2v) is 4.60. The molecule has 1 heterocycles. The van der Waals surface area contributed by atoms with Gasteiger partial charge in [-0.1, -0.05) is 6.92 Å². The molecule has 1 fully saturated rings. The van der Waals surface area contributed by atoms with Crippen LogP contribution >= 0.6 is 0 Å². The molecule has 1 saturated heterocycles. The second kappa shape index (κ2) is 6.47. The first-order valence-corrected chi connectivity index (χ1v) is 6.29. The van der Waals surface area contributed by atoms with E-state index in [1.54, 1.807) is 7.05 Å². The summed E-state index contributed by atoms with van der Waals surface area (Å²) in [4.78, 5) is 26.0. The molecule has 0 aromatic rings. The Bertz CT molecular complexity index is 281. The van der Waals surface area contributed by atoms with Crippen LogP contribution in [0.2, 0.25) is 0 Å². The number of hydrogen-bond acceptors (Lipinski definition) is 2. The number of piperidine rings is 1.